The van der Waals surface area contributed by atoms with E-state index in [9.17, 15) is 0 Å². The molecule has 0 fully saturated rings. The number of rotatable bonds is 4. The predicted molar refractivity (Wildman–Crippen MR) is 161 cm³/mol. The zero-order chi connectivity index (χ0) is 27.2. The first-order valence-corrected chi connectivity index (χ1v) is 13.5. The Balaban J connectivity index is 1.03. The van der Waals surface area contributed by atoms with Gasteiger partial charge < -0.3 is 0 Å². The quantitative estimate of drug-likeness (QED) is 0.244. The molecule has 6 heteroatoms. The summed E-state index contributed by atoms with van der Waals surface area (Å²) in [5, 5.41) is 0. The number of benzene rings is 2. The molecule has 0 saturated carbocycles. The molecule has 0 radical (unpaired) electrons. The summed E-state index contributed by atoms with van der Waals surface area (Å²) >= 11 is 0. The normalized spacial score (nSPS) is 12.4. The van der Waals surface area contributed by atoms with Gasteiger partial charge in [0.25, 0.3) is 0 Å². The molecule has 192 valence electrons. The molecule has 0 aliphatic heterocycles. The molecule has 6 nitrogen and oxygen atoms in total. The van der Waals surface area contributed by atoms with Crippen LogP contribution in [0.25, 0.3) is 22.8 Å². The van der Waals surface area contributed by atoms with Gasteiger partial charge in [-0.3, -0.25) is 19.9 Å². The SMILES string of the molecule is c1cnc2c(c1)C(=Nc1ccc(Cc3ccc(N=C4c5cccnc5-c5ncccc54)cc3)cc1)c1cccnc1-2. The van der Waals surface area contributed by atoms with Crippen LogP contribution in [0.5, 0.6) is 0 Å². The number of hydrogen-bond donors (Lipinski definition) is 0. The summed E-state index contributed by atoms with van der Waals surface area (Å²) in [5.74, 6) is 0. The molecule has 2 aliphatic rings. The lowest BCUT2D eigenvalue weighted by atomic mass is 10.0. The summed E-state index contributed by atoms with van der Waals surface area (Å²) in [6.07, 6.45) is 8.03. The molecule has 0 N–H and O–H groups in total. The summed E-state index contributed by atoms with van der Waals surface area (Å²) in [6, 6.07) is 32.9. The highest BCUT2D eigenvalue weighted by Crippen LogP contribution is 2.36. The van der Waals surface area contributed by atoms with E-state index in [4.69, 9.17) is 9.98 Å². The van der Waals surface area contributed by atoms with Crippen LogP contribution >= 0.6 is 0 Å². The summed E-state index contributed by atoms with van der Waals surface area (Å²) in [7, 11) is 0. The maximum absolute atomic E-state index is 4.99. The summed E-state index contributed by atoms with van der Waals surface area (Å²) in [5.41, 5.74) is 13.7. The van der Waals surface area contributed by atoms with Crippen molar-refractivity contribution in [2.75, 3.05) is 0 Å². The van der Waals surface area contributed by atoms with E-state index in [0.29, 0.717) is 0 Å². The highest BCUT2D eigenvalue weighted by atomic mass is 14.8. The third kappa shape index (κ3) is 4.05. The van der Waals surface area contributed by atoms with E-state index in [1.165, 1.54) is 11.1 Å². The van der Waals surface area contributed by atoms with Crippen LogP contribution in [-0.2, 0) is 6.42 Å². The van der Waals surface area contributed by atoms with Crippen LogP contribution in [0, 0.1) is 0 Å². The number of nitrogens with zero attached hydrogens (tertiary/aromatic N) is 6. The Morgan fingerprint density at radius 1 is 0.390 bits per heavy atom. The van der Waals surface area contributed by atoms with Crippen molar-refractivity contribution in [3.8, 4) is 22.8 Å². The van der Waals surface area contributed by atoms with Crippen molar-refractivity contribution in [1.82, 2.24) is 19.9 Å². The minimum Gasteiger partial charge on any atom is -0.254 e. The third-order valence-electron chi connectivity index (χ3n) is 7.46. The second kappa shape index (κ2) is 9.54. The van der Waals surface area contributed by atoms with E-state index < -0.39 is 0 Å². The molecule has 2 aliphatic carbocycles. The molecule has 0 atom stereocenters. The number of aromatic nitrogens is 4. The maximum Gasteiger partial charge on any atom is 0.0987 e. The van der Waals surface area contributed by atoms with Crippen molar-refractivity contribution < 1.29 is 0 Å². The Morgan fingerprint density at radius 2 is 0.707 bits per heavy atom. The smallest absolute Gasteiger partial charge is 0.0987 e. The van der Waals surface area contributed by atoms with Gasteiger partial charge in [-0.25, -0.2) is 9.98 Å². The van der Waals surface area contributed by atoms with Crippen molar-refractivity contribution >= 4 is 22.8 Å². The summed E-state index contributed by atoms with van der Waals surface area (Å²) in [4.78, 5) is 28.2. The van der Waals surface area contributed by atoms with Gasteiger partial charge in [-0.15, -0.1) is 0 Å². The fourth-order valence-corrected chi connectivity index (χ4v) is 5.54. The van der Waals surface area contributed by atoms with E-state index in [1.807, 2.05) is 24.3 Å². The van der Waals surface area contributed by atoms with E-state index in [0.717, 1.165) is 74.2 Å². The van der Waals surface area contributed by atoms with Crippen LogP contribution in [0.4, 0.5) is 11.4 Å². The first-order chi connectivity index (χ1) is 20.3. The number of pyridine rings is 4. The van der Waals surface area contributed by atoms with Crippen molar-refractivity contribution in [2.45, 2.75) is 6.42 Å². The molecule has 0 spiro atoms. The highest BCUT2D eigenvalue weighted by Gasteiger charge is 2.27. The summed E-state index contributed by atoms with van der Waals surface area (Å²) in [6.45, 7) is 0. The maximum atomic E-state index is 4.99. The van der Waals surface area contributed by atoms with Crippen molar-refractivity contribution in [3.63, 3.8) is 0 Å². The van der Waals surface area contributed by atoms with E-state index in [2.05, 4.69) is 92.7 Å². The van der Waals surface area contributed by atoms with Gasteiger partial charge in [-0.2, -0.15) is 0 Å². The first-order valence-electron chi connectivity index (χ1n) is 13.5. The molecule has 0 unspecified atom stereocenters. The minimum atomic E-state index is 0.826. The number of fused-ring (bicyclic) bond motifs is 6. The van der Waals surface area contributed by atoms with Crippen LogP contribution in [0.2, 0.25) is 0 Å². The lowest BCUT2D eigenvalue weighted by Gasteiger charge is -2.06. The topological polar surface area (TPSA) is 76.3 Å². The zero-order valence-corrected chi connectivity index (χ0v) is 21.9. The van der Waals surface area contributed by atoms with Gasteiger partial charge in [0.05, 0.1) is 45.6 Å². The Hall–Kier alpha value is -5.62. The van der Waals surface area contributed by atoms with Gasteiger partial charge in [0, 0.05) is 47.0 Å². The van der Waals surface area contributed by atoms with Gasteiger partial charge in [-0.05, 0) is 90.3 Å². The molecular weight excluding hydrogens is 504 g/mol. The van der Waals surface area contributed by atoms with Gasteiger partial charge >= 0.3 is 0 Å². The standard InChI is InChI=1S/C35H22N6/c1-5-26-30(27-6-2-18-37-33(27)32(26)36-17-1)40-24-13-9-22(10-14-24)21-23-11-15-25(16-12-23)41-31-28-7-3-19-38-34(28)35-29(31)8-4-20-39-35/h1-20H,21H2. The van der Waals surface area contributed by atoms with Crippen LogP contribution in [0.3, 0.4) is 0 Å². The monoisotopic (exact) mass is 526 g/mol. The molecule has 8 rings (SSSR count). The Labute approximate surface area is 236 Å². The van der Waals surface area contributed by atoms with E-state index in [-0.39, 0.29) is 0 Å². The second-order valence-corrected chi connectivity index (χ2v) is 10.0. The Bertz CT molecular complexity index is 1770. The lowest BCUT2D eigenvalue weighted by Crippen LogP contribution is -1.98. The Kier molecular flexibility index (Phi) is 5.42. The molecule has 0 amide bonds. The average molecular weight is 527 g/mol. The van der Waals surface area contributed by atoms with Gasteiger partial charge in [0.2, 0.25) is 0 Å². The van der Waals surface area contributed by atoms with Crippen molar-refractivity contribution in [2.24, 2.45) is 9.98 Å². The molecule has 2 aromatic carbocycles. The number of aliphatic imine (C=N–C) groups is 2. The van der Waals surface area contributed by atoms with Crippen molar-refractivity contribution in [1.29, 1.82) is 0 Å². The minimum absolute atomic E-state index is 0.826. The van der Waals surface area contributed by atoms with Gasteiger partial charge in [0.1, 0.15) is 0 Å². The van der Waals surface area contributed by atoms with E-state index >= 15 is 0 Å². The highest BCUT2D eigenvalue weighted by molar-refractivity contribution is 6.24. The van der Waals surface area contributed by atoms with Crippen LogP contribution in [-0.4, -0.2) is 31.4 Å². The predicted octanol–water partition coefficient (Wildman–Crippen LogP) is 7.16. The molecular formula is C35H22N6. The van der Waals surface area contributed by atoms with Crippen LogP contribution in [0.1, 0.15) is 33.4 Å². The third-order valence-corrected chi connectivity index (χ3v) is 7.46. The fraction of sp³-hybridized carbons (Fsp3) is 0.0286. The molecule has 4 heterocycles. The van der Waals surface area contributed by atoms with Crippen molar-refractivity contribution in [3.05, 3.63) is 155 Å². The molecule has 0 saturated heterocycles. The zero-order valence-electron chi connectivity index (χ0n) is 21.9. The number of hydrogen-bond acceptors (Lipinski definition) is 6. The molecule has 41 heavy (non-hydrogen) atoms. The fourth-order valence-electron chi connectivity index (χ4n) is 5.54. The van der Waals surface area contributed by atoms with Crippen LogP contribution in [0.15, 0.2) is 132 Å². The van der Waals surface area contributed by atoms with Crippen LogP contribution < -0.4 is 0 Å². The molecule has 4 aromatic heterocycles. The average Bonchev–Trinajstić information content (AvgIpc) is 3.52. The largest absolute Gasteiger partial charge is 0.254 e. The van der Waals surface area contributed by atoms with Gasteiger partial charge in [-0.1, -0.05) is 24.3 Å². The summed E-state index contributed by atoms with van der Waals surface area (Å²) < 4.78 is 0. The second-order valence-electron chi connectivity index (χ2n) is 10.0. The lowest BCUT2D eigenvalue weighted by molar-refractivity contribution is 1.19. The first kappa shape index (κ1) is 23.3. The molecule has 0 bridgehead atoms. The Morgan fingerprint density at radius 3 is 1.02 bits per heavy atom. The van der Waals surface area contributed by atoms with E-state index in [1.54, 1.807) is 24.8 Å². The molecule has 6 aromatic rings. The van der Waals surface area contributed by atoms with Gasteiger partial charge in [0.15, 0.2) is 0 Å².